The zero-order valence-electron chi connectivity index (χ0n) is 16.7. The minimum atomic E-state index is -4.41. The number of hydrogen-bond donors (Lipinski definition) is 2. The molecule has 0 saturated heterocycles. The van der Waals surface area contributed by atoms with Crippen LogP contribution >= 0.6 is 0 Å². The zero-order chi connectivity index (χ0) is 22.2. The fraction of sp³-hybridized carbons (Fsp3) is 0.125. The van der Waals surface area contributed by atoms with Crippen molar-refractivity contribution in [2.45, 2.75) is 19.1 Å². The second-order valence-electron chi connectivity index (χ2n) is 7.30. The predicted octanol–water partition coefficient (Wildman–Crippen LogP) is 6.20. The van der Waals surface area contributed by atoms with Crippen LogP contribution in [0.25, 0.3) is 6.08 Å². The van der Waals surface area contributed by atoms with Crippen LogP contribution in [0.5, 0.6) is 0 Å². The van der Waals surface area contributed by atoms with Crippen molar-refractivity contribution in [1.82, 2.24) is 10.3 Å². The lowest BCUT2D eigenvalue weighted by Crippen LogP contribution is -2.27. The maximum absolute atomic E-state index is 12.9. The van der Waals surface area contributed by atoms with Gasteiger partial charge >= 0.3 is 6.18 Å². The van der Waals surface area contributed by atoms with E-state index in [0.29, 0.717) is 22.9 Å². The van der Waals surface area contributed by atoms with Gasteiger partial charge < -0.3 is 10.3 Å². The van der Waals surface area contributed by atoms with Crippen molar-refractivity contribution in [3.05, 3.63) is 101 Å². The van der Waals surface area contributed by atoms with E-state index in [1.54, 1.807) is 17.0 Å². The molecular formula is C24H20F3N3O. The number of benzene rings is 2. The molecule has 4 nitrogen and oxygen atoms in total. The van der Waals surface area contributed by atoms with Gasteiger partial charge in [0.25, 0.3) is 5.91 Å². The average molecular weight is 423 g/mol. The Balaban J connectivity index is 1.60. The van der Waals surface area contributed by atoms with Gasteiger partial charge in [-0.05, 0) is 55.0 Å². The molecule has 0 spiro atoms. The normalized spacial score (nSPS) is 14.3. The fourth-order valence-electron chi connectivity index (χ4n) is 3.49. The van der Waals surface area contributed by atoms with E-state index in [4.69, 9.17) is 0 Å². The van der Waals surface area contributed by atoms with Crippen LogP contribution < -0.4 is 10.2 Å². The molecule has 158 valence electrons. The quantitative estimate of drug-likeness (QED) is 0.525. The van der Waals surface area contributed by atoms with Gasteiger partial charge in [-0.2, -0.15) is 13.2 Å². The highest BCUT2D eigenvalue weighted by Gasteiger charge is 2.31. The number of carbonyl (C=O) groups excluding carboxylic acids is 1. The van der Waals surface area contributed by atoms with E-state index in [2.05, 4.69) is 16.9 Å². The highest BCUT2D eigenvalue weighted by atomic mass is 19.4. The topological polar surface area (TPSA) is 48.1 Å². The molecule has 1 aromatic heterocycles. The maximum atomic E-state index is 12.9. The van der Waals surface area contributed by atoms with E-state index in [-0.39, 0.29) is 11.9 Å². The second-order valence-corrected chi connectivity index (χ2v) is 7.30. The number of H-pyrrole nitrogens is 1. The van der Waals surface area contributed by atoms with Crippen molar-refractivity contribution in [2.75, 3.05) is 4.90 Å². The summed E-state index contributed by atoms with van der Waals surface area (Å²) in [5.41, 5.74) is 2.42. The molecule has 1 aliphatic rings. The van der Waals surface area contributed by atoms with Crippen LogP contribution in [0, 0.1) is 0 Å². The van der Waals surface area contributed by atoms with E-state index in [1.165, 1.54) is 12.1 Å². The number of allylic oxidation sites excluding steroid dienone is 1. The highest BCUT2D eigenvalue weighted by Crippen LogP contribution is 2.38. The smallest absolute Gasteiger partial charge is 0.344 e. The third-order valence-electron chi connectivity index (χ3n) is 5.14. The Bertz CT molecular complexity index is 1150. The maximum Gasteiger partial charge on any atom is 0.416 e. The molecule has 0 aliphatic carbocycles. The van der Waals surface area contributed by atoms with E-state index in [9.17, 15) is 18.0 Å². The van der Waals surface area contributed by atoms with Crippen LogP contribution in [0.4, 0.5) is 24.7 Å². The summed E-state index contributed by atoms with van der Waals surface area (Å²) in [6.45, 7) is 5.88. The number of nitrogens with one attached hydrogen (secondary N) is 2. The Labute approximate surface area is 177 Å². The zero-order valence-corrected chi connectivity index (χ0v) is 16.7. The molecule has 1 unspecified atom stereocenters. The average Bonchev–Trinajstić information content (AvgIpc) is 3.18. The lowest BCUT2D eigenvalue weighted by atomic mass is 10.1. The number of aromatic nitrogens is 1. The number of amides is 1. The molecule has 2 heterocycles. The Morgan fingerprint density at radius 3 is 2.39 bits per heavy atom. The summed E-state index contributed by atoms with van der Waals surface area (Å²) in [5.74, 6) is 0.293. The number of rotatable bonds is 4. The molecule has 0 radical (unpaired) electrons. The minimum Gasteiger partial charge on any atom is -0.344 e. The first-order chi connectivity index (χ1) is 14.7. The van der Waals surface area contributed by atoms with Gasteiger partial charge in [0, 0.05) is 16.9 Å². The molecule has 2 aromatic carbocycles. The molecule has 1 amide bonds. The summed E-state index contributed by atoms with van der Waals surface area (Å²) in [6.07, 6.45) is -0.843. The van der Waals surface area contributed by atoms with Gasteiger partial charge in [-0.25, -0.2) is 0 Å². The number of anilines is 2. The Kier molecular flexibility index (Phi) is 5.19. The molecule has 0 bridgehead atoms. The Morgan fingerprint density at radius 2 is 1.74 bits per heavy atom. The van der Waals surface area contributed by atoms with Crippen molar-refractivity contribution in [1.29, 1.82) is 0 Å². The minimum absolute atomic E-state index is 0.189. The summed E-state index contributed by atoms with van der Waals surface area (Å²) >= 11 is 0. The van der Waals surface area contributed by atoms with Gasteiger partial charge in [0.15, 0.2) is 0 Å². The first-order valence-corrected chi connectivity index (χ1v) is 9.67. The molecule has 31 heavy (non-hydrogen) atoms. The standard InChI is InChI=1S/C24H20F3N3O/c1-15-8-9-18-14-21(23(31)28-16(2)17-6-4-3-5-7-17)29-22(18)30(15)20-12-10-19(11-13-20)24(25,26)27/h3-14,16,29H,1H2,2H3,(H,28,31). The van der Waals surface area contributed by atoms with E-state index in [1.807, 2.05) is 43.3 Å². The molecule has 2 N–H and O–H groups in total. The second kappa shape index (κ2) is 7.83. The van der Waals surface area contributed by atoms with Gasteiger partial charge in [-0.15, -0.1) is 0 Å². The SMILES string of the molecule is C=C1C=Cc2cc(C(=O)NC(C)c3ccccc3)[nH]c2N1c1ccc(C(F)(F)F)cc1. The van der Waals surface area contributed by atoms with E-state index >= 15 is 0 Å². The third kappa shape index (κ3) is 4.12. The van der Waals surface area contributed by atoms with Crippen molar-refractivity contribution in [2.24, 2.45) is 0 Å². The molecule has 3 aromatic rings. The number of hydrogen-bond acceptors (Lipinski definition) is 2. The predicted molar refractivity (Wildman–Crippen MR) is 115 cm³/mol. The first kappa shape index (κ1) is 20.5. The Hall–Kier alpha value is -3.74. The lowest BCUT2D eigenvalue weighted by Gasteiger charge is -2.27. The van der Waals surface area contributed by atoms with E-state index in [0.717, 1.165) is 23.3 Å². The van der Waals surface area contributed by atoms with Gasteiger partial charge in [0.2, 0.25) is 0 Å². The first-order valence-electron chi connectivity index (χ1n) is 9.67. The van der Waals surface area contributed by atoms with Crippen LogP contribution in [0.1, 0.15) is 40.1 Å². The molecule has 7 heteroatoms. The summed E-state index contributed by atoms with van der Waals surface area (Å²) in [5, 5.41) is 2.95. The van der Waals surface area contributed by atoms with Crippen molar-refractivity contribution in [3.8, 4) is 0 Å². The third-order valence-corrected chi connectivity index (χ3v) is 5.14. The summed E-state index contributed by atoms with van der Waals surface area (Å²) in [6, 6.07) is 15.9. The van der Waals surface area contributed by atoms with Gasteiger partial charge in [0.05, 0.1) is 11.6 Å². The summed E-state index contributed by atoms with van der Waals surface area (Å²) < 4.78 is 38.7. The van der Waals surface area contributed by atoms with Crippen molar-refractivity contribution >= 4 is 23.5 Å². The van der Waals surface area contributed by atoms with Crippen LogP contribution in [-0.4, -0.2) is 10.9 Å². The Morgan fingerprint density at radius 1 is 1.06 bits per heavy atom. The van der Waals surface area contributed by atoms with Crippen LogP contribution in [0.15, 0.2) is 79.0 Å². The molecule has 4 rings (SSSR count). The number of fused-ring (bicyclic) bond motifs is 1. The number of halogens is 3. The van der Waals surface area contributed by atoms with Crippen molar-refractivity contribution in [3.63, 3.8) is 0 Å². The van der Waals surface area contributed by atoms with Crippen LogP contribution in [0.3, 0.4) is 0 Å². The highest BCUT2D eigenvalue weighted by molar-refractivity contribution is 5.96. The summed E-state index contributed by atoms with van der Waals surface area (Å²) in [7, 11) is 0. The van der Waals surface area contributed by atoms with E-state index < -0.39 is 11.7 Å². The molecule has 0 fully saturated rings. The van der Waals surface area contributed by atoms with Gasteiger partial charge in [-0.1, -0.05) is 36.9 Å². The lowest BCUT2D eigenvalue weighted by molar-refractivity contribution is -0.137. The van der Waals surface area contributed by atoms with Crippen molar-refractivity contribution < 1.29 is 18.0 Å². The molecule has 1 aliphatic heterocycles. The number of aromatic amines is 1. The fourth-order valence-corrected chi connectivity index (χ4v) is 3.49. The monoisotopic (exact) mass is 423 g/mol. The van der Waals surface area contributed by atoms with Gasteiger partial charge in [0.1, 0.15) is 11.5 Å². The largest absolute Gasteiger partial charge is 0.416 e. The summed E-state index contributed by atoms with van der Waals surface area (Å²) in [4.78, 5) is 17.6. The molecular weight excluding hydrogens is 403 g/mol. The number of carbonyl (C=O) groups is 1. The van der Waals surface area contributed by atoms with Crippen LogP contribution in [-0.2, 0) is 6.18 Å². The molecule has 1 atom stereocenters. The number of nitrogens with zero attached hydrogens (tertiary/aromatic N) is 1. The molecule has 0 saturated carbocycles. The number of alkyl halides is 3. The van der Waals surface area contributed by atoms with Gasteiger partial charge in [-0.3, -0.25) is 9.69 Å². The van der Waals surface area contributed by atoms with Crippen LogP contribution in [0.2, 0.25) is 0 Å².